The van der Waals surface area contributed by atoms with Crippen LogP contribution in [-0.2, 0) is 0 Å². The summed E-state index contributed by atoms with van der Waals surface area (Å²) in [7, 11) is 0. The average Bonchev–Trinajstić information content (AvgIpc) is 2.06. The van der Waals surface area contributed by atoms with Gasteiger partial charge in [-0.2, -0.15) is 9.65 Å². The average molecular weight is 206 g/mol. The molecule has 0 unspecified atom stereocenters. The van der Waals surface area contributed by atoms with Crippen molar-refractivity contribution in [1.82, 2.24) is 4.98 Å². The first kappa shape index (κ1) is 10.2. The van der Waals surface area contributed by atoms with Crippen LogP contribution in [0, 0.1) is 17.3 Å². The van der Waals surface area contributed by atoms with Crippen molar-refractivity contribution in [3.8, 4) is 11.8 Å². The summed E-state index contributed by atoms with van der Waals surface area (Å²) in [5.41, 5.74) is -0.560. The number of alkyl halides is 3. The standard InChI is InChI=1S/C7H2F4N2O/c8-6-1-4(2-12)5(3-13-6)14-7(9,10)11/h1,3H. The molecule has 7 heteroatoms. The minimum atomic E-state index is -4.93. The summed E-state index contributed by atoms with van der Waals surface area (Å²) in [6.45, 7) is 0. The van der Waals surface area contributed by atoms with Crippen LogP contribution in [0.25, 0.3) is 0 Å². The maximum absolute atomic E-state index is 12.4. The molecule has 0 saturated carbocycles. The largest absolute Gasteiger partial charge is 0.573 e. The Morgan fingerprint density at radius 2 is 2.07 bits per heavy atom. The molecule has 0 spiro atoms. The van der Waals surface area contributed by atoms with E-state index in [1.165, 1.54) is 6.07 Å². The van der Waals surface area contributed by atoms with Crippen molar-refractivity contribution in [3.63, 3.8) is 0 Å². The van der Waals surface area contributed by atoms with E-state index >= 15 is 0 Å². The molecule has 0 bridgehead atoms. The molecule has 0 aliphatic heterocycles. The Labute approximate surface area is 75.5 Å². The van der Waals surface area contributed by atoms with Crippen molar-refractivity contribution in [3.05, 3.63) is 23.8 Å². The fraction of sp³-hybridized carbons (Fsp3) is 0.143. The van der Waals surface area contributed by atoms with E-state index in [-0.39, 0.29) is 0 Å². The lowest BCUT2D eigenvalue weighted by molar-refractivity contribution is -0.274. The van der Waals surface area contributed by atoms with Gasteiger partial charge in [-0.25, -0.2) is 4.98 Å². The maximum Gasteiger partial charge on any atom is 0.573 e. The minimum absolute atomic E-state index is 0.501. The number of rotatable bonds is 1. The predicted molar refractivity (Wildman–Crippen MR) is 35.6 cm³/mol. The van der Waals surface area contributed by atoms with Crippen molar-refractivity contribution in [2.75, 3.05) is 0 Å². The molecule has 0 radical (unpaired) electrons. The van der Waals surface area contributed by atoms with Crippen molar-refractivity contribution in [2.45, 2.75) is 6.36 Å². The molecule has 0 fully saturated rings. The molecule has 0 aromatic carbocycles. The SMILES string of the molecule is N#Cc1cc(F)ncc1OC(F)(F)F. The highest BCUT2D eigenvalue weighted by Gasteiger charge is 2.32. The summed E-state index contributed by atoms with van der Waals surface area (Å²) in [5.74, 6) is -1.86. The summed E-state index contributed by atoms with van der Waals surface area (Å²) in [6, 6.07) is 1.91. The van der Waals surface area contributed by atoms with Gasteiger partial charge in [0.05, 0.1) is 6.20 Å². The first-order valence-corrected chi connectivity index (χ1v) is 3.24. The first-order valence-electron chi connectivity index (χ1n) is 3.24. The van der Waals surface area contributed by atoms with Gasteiger partial charge >= 0.3 is 6.36 Å². The van der Waals surface area contributed by atoms with Crippen molar-refractivity contribution < 1.29 is 22.3 Å². The zero-order chi connectivity index (χ0) is 10.8. The number of nitrogens with zero attached hydrogens (tertiary/aromatic N) is 2. The van der Waals surface area contributed by atoms with Gasteiger partial charge in [0.15, 0.2) is 5.75 Å². The van der Waals surface area contributed by atoms with E-state index in [1.807, 2.05) is 0 Å². The van der Waals surface area contributed by atoms with Gasteiger partial charge in [0.1, 0.15) is 11.6 Å². The van der Waals surface area contributed by atoms with Gasteiger partial charge in [0, 0.05) is 6.07 Å². The molecule has 3 nitrogen and oxygen atoms in total. The van der Waals surface area contributed by atoms with E-state index in [1.54, 1.807) is 0 Å². The van der Waals surface area contributed by atoms with Crippen molar-refractivity contribution >= 4 is 0 Å². The van der Waals surface area contributed by atoms with Crippen LogP contribution in [-0.4, -0.2) is 11.3 Å². The number of hydrogen-bond acceptors (Lipinski definition) is 3. The second kappa shape index (κ2) is 3.49. The number of halogens is 4. The molecule has 0 aliphatic carbocycles. The summed E-state index contributed by atoms with van der Waals surface area (Å²) < 4.78 is 50.9. The molecule has 1 rings (SSSR count). The third-order valence-electron chi connectivity index (χ3n) is 1.18. The smallest absolute Gasteiger partial charge is 0.403 e. The van der Waals surface area contributed by atoms with Crippen LogP contribution < -0.4 is 4.74 Å². The van der Waals surface area contributed by atoms with Gasteiger partial charge < -0.3 is 4.74 Å². The Balaban J connectivity index is 3.05. The lowest BCUT2D eigenvalue weighted by Crippen LogP contribution is -2.18. The maximum atomic E-state index is 12.4. The quantitative estimate of drug-likeness (QED) is 0.521. The predicted octanol–water partition coefficient (Wildman–Crippen LogP) is 1.99. The van der Waals surface area contributed by atoms with Crippen LogP contribution in [0.2, 0.25) is 0 Å². The topological polar surface area (TPSA) is 45.9 Å². The number of nitriles is 1. The highest BCUT2D eigenvalue weighted by atomic mass is 19.4. The van der Waals surface area contributed by atoms with Gasteiger partial charge in [-0.3, -0.25) is 0 Å². The molecule has 1 aromatic rings. The summed E-state index contributed by atoms with van der Waals surface area (Å²) in [6.07, 6.45) is -4.42. The molecule has 0 aliphatic rings. The Kier molecular flexibility index (Phi) is 2.56. The van der Waals surface area contributed by atoms with Gasteiger partial charge in [-0.15, -0.1) is 13.2 Å². The van der Waals surface area contributed by atoms with E-state index in [2.05, 4.69) is 9.72 Å². The van der Waals surface area contributed by atoms with Crippen LogP contribution in [0.4, 0.5) is 17.6 Å². The molecule has 0 amide bonds. The van der Waals surface area contributed by atoms with Crippen molar-refractivity contribution in [1.29, 1.82) is 5.26 Å². The lowest BCUT2D eigenvalue weighted by atomic mass is 10.3. The van der Waals surface area contributed by atoms with Crippen LogP contribution in [0.1, 0.15) is 5.56 Å². The van der Waals surface area contributed by atoms with Crippen LogP contribution in [0.3, 0.4) is 0 Å². The molecule has 14 heavy (non-hydrogen) atoms. The molecular formula is C7H2F4N2O. The van der Waals surface area contributed by atoms with E-state index < -0.39 is 23.6 Å². The van der Waals surface area contributed by atoms with Gasteiger partial charge in [0.2, 0.25) is 5.95 Å². The Morgan fingerprint density at radius 3 is 2.57 bits per heavy atom. The fourth-order valence-electron chi connectivity index (χ4n) is 0.711. The second-order valence-corrected chi connectivity index (χ2v) is 2.16. The van der Waals surface area contributed by atoms with Gasteiger partial charge in [0.25, 0.3) is 0 Å². The van der Waals surface area contributed by atoms with Gasteiger partial charge in [-0.1, -0.05) is 0 Å². The second-order valence-electron chi connectivity index (χ2n) is 2.16. The molecule has 0 atom stereocenters. The summed E-state index contributed by atoms with van der Waals surface area (Å²) >= 11 is 0. The summed E-state index contributed by atoms with van der Waals surface area (Å²) in [4.78, 5) is 2.93. The molecule has 1 heterocycles. The van der Waals surface area contributed by atoms with E-state index in [9.17, 15) is 17.6 Å². The Bertz CT molecular complexity index is 382. The third kappa shape index (κ3) is 2.58. The monoisotopic (exact) mass is 206 g/mol. The number of aromatic nitrogens is 1. The van der Waals surface area contributed by atoms with E-state index in [0.29, 0.717) is 12.3 Å². The number of pyridine rings is 1. The molecule has 0 saturated heterocycles. The normalized spacial score (nSPS) is 10.8. The van der Waals surface area contributed by atoms with Gasteiger partial charge in [-0.05, 0) is 0 Å². The highest BCUT2D eigenvalue weighted by Crippen LogP contribution is 2.25. The van der Waals surface area contributed by atoms with Crippen LogP contribution in [0.5, 0.6) is 5.75 Å². The molecular weight excluding hydrogens is 204 g/mol. The van der Waals surface area contributed by atoms with Crippen LogP contribution in [0.15, 0.2) is 12.3 Å². The van der Waals surface area contributed by atoms with E-state index in [0.717, 1.165) is 0 Å². The highest BCUT2D eigenvalue weighted by molar-refractivity contribution is 5.40. The van der Waals surface area contributed by atoms with Crippen LogP contribution >= 0.6 is 0 Å². The van der Waals surface area contributed by atoms with Crippen molar-refractivity contribution in [2.24, 2.45) is 0 Å². The minimum Gasteiger partial charge on any atom is -0.403 e. The van der Waals surface area contributed by atoms with E-state index in [4.69, 9.17) is 5.26 Å². The zero-order valence-corrected chi connectivity index (χ0v) is 6.47. The fourth-order valence-corrected chi connectivity index (χ4v) is 0.711. The number of hydrogen-bond donors (Lipinski definition) is 0. The zero-order valence-electron chi connectivity index (χ0n) is 6.47. The lowest BCUT2D eigenvalue weighted by Gasteiger charge is -2.08. The Hall–Kier alpha value is -1.84. The molecule has 0 N–H and O–H groups in total. The Morgan fingerprint density at radius 1 is 1.43 bits per heavy atom. The molecule has 1 aromatic heterocycles. The molecule has 74 valence electrons. The summed E-state index contributed by atoms with van der Waals surface area (Å²) in [5, 5.41) is 8.35. The first-order chi connectivity index (χ1) is 6.42. The number of ether oxygens (including phenoxy) is 1. The third-order valence-corrected chi connectivity index (χ3v) is 1.18.